The van der Waals surface area contributed by atoms with Gasteiger partial charge < -0.3 is 19.6 Å². The zero-order chi connectivity index (χ0) is 17.1. The first-order chi connectivity index (χ1) is 11.4. The molecule has 0 radical (unpaired) electrons. The van der Waals surface area contributed by atoms with Gasteiger partial charge in [0.2, 0.25) is 5.91 Å². The molecule has 6 nitrogen and oxygen atoms in total. The van der Waals surface area contributed by atoms with E-state index >= 15 is 0 Å². The molecule has 0 aliphatic carbocycles. The second-order valence-corrected chi connectivity index (χ2v) is 6.99. The fourth-order valence-corrected chi connectivity index (χ4v) is 4.11. The molecule has 1 aromatic rings. The SMILES string of the molecule is CN(C)c1ccc(CN2C[C@@]34C=C[C@H](O3)[C@@H](C(=O)O)[C@H]4C2=O)cc1. The highest BCUT2D eigenvalue weighted by atomic mass is 16.5. The van der Waals surface area contributed by atoms with Crippen LogP contribution in [-0.2, 0) is 20.9 Å². The number of carbonyl (C=O) groups is 2. The lowest BCUT2D eigenvalue weighted by Gasteiger charge is -2.21. The summed E-state index contributed by atoms with van der Waals surface area (Å²) >= 11 is 0. The molecular formula is C18H20N2O4. The van der Waals surface area contributed by atoms with E-state index in [1.165, 1.54) is 0 Å². The Morgan fingerprint density at radius 3 is 2.71 bits per heavy atom. The number of hydrogen-bond donors (Lipinski definition) is 1. The number of fused-ring (bicyclic) bond motifs is 1. The van der Waals surface area contributed by atoms with Gasteiger partial charge in [0.1, 0.15) is 11.5 Å². The molecular weight excluding hydrogens is 308 g/mol. The van der Waals surface area contributed by atoms with Crippen molar-refractivity contribution in [2.24, 2.45) is 11.8 Å². The molecule has 0 aromatic heterocycles. The van der Waals surface area contributed by atoms with Crippen LogP contribution in [0.25, 0.3) is 0 Å². The van der Waals surface area contributed by atoms with Gasteiger partial charge in [-0.2, -0.15) is 0 Å². The number of rotatable bonds is 4. The third kappa shape index (κ3) is 2.06. The van der Waals surface area contributed by atoms with Crippen molar-refractivity contribution < 1.29 is 19.4 Å². The van der Waals surface area contributed by atoms with Gasteiger partial charge in [-0.15, -0.1) is 0 Å². The lowest BCUT2D eigenvalue weighted by molar-refractivity contribution is -0.148. The smallest absolute Gasteiger partial charge is 0.310 e. The zero-order valence-corrected chi connectivity index (χ0v) is 13.7. The number of anilines is 1. The van der Waals surface area contributed by atoms with Gasteiger partial charge >= 0.3 is 5.97 Å². The van der Waals surface area contributed by atoms with Crippen LogP contribution in [0, 0.1) is 11.8 Å². The van der Waals surface area contributed by atoms with Crippen LogP contribution in [-0.4, -0.2) is 54.2 Å². The number of carbonyl (C=O) groups excluding carboxylic acids is 1. The molecule has 2 bridgehead atoms. The summed E-state index contributed by atoms with van der Waals surface area (Å²) in [6.07, 6.45) is 3.20. The number of nitrogens with zero attached hydrogens (tertiary/aromatic N) is 2. The number of amides is 1. The van der Waals surface area contributed by atoms with Crippen LogP contribution in [0.4, 0.5) is 5.69 Å². The number of hydrogen-bond acceptors (Lipinski definition) is 4. The summed E-state index contributed by atoms with van der Waals surface area (Å²) in [6.45, 7) is 0.891. The van der Waals surface area contributed by atoms with Gasteiger partial charge in [-0.3, -0.25) is 9.59 Å². The maximum Gasteiger partial charge on any atom is 0.310 e. The van der Waals surface area contributed by atoms with Crippen LogP contribution in [0.15, 0.2) is 36.4 Å². The summed E-state index contributed by atoms with van der Waals surface area (Å²) in [4.78, 5) is 28.1. The number of likely N-dealkylation sites (tertiary alicyclic amines) is 1. The van der Waals surface area contributed by atoms with Gasteiger partial charge in [0.25, 0.3) is 0 Å². The molecule has 2 saturated heterocycles. The molecule has 6 heteroatoms. The molecule has 0 unspecified atom stereocenters. The third-order valence-corrected chi connectivity index (χ3v) is 5.29. The Morgan fingerprint density at radius 1 is 1.38 bits per heavy atom. The number of aliphatic carboxylic acids is 1. The Bertz CT molecular complexity index is 727. The standard InChI is InChI=1S/C18H20N2O4/c1-19(2)12-5-3-11(4-6-12)9-20-10-18-8-7-13(24-18)14(17(22)23)15(18)16(20)21/h3-8,13-15H,9-10H2,1-2H3,(H,22,23)/t13-,14+,15-,18+/m0/s1. The van der Waals surface area contributed by atoms with Crippen molar-refractivity contribution in [3.05, 3.63) is 42.0 Å². The summed E-state index contributed by atoms with van der Waals surface area (Å²) in [5.41, 5.74) is 1.36. The van der Waals surface area contributed by atoms with Crippen molar-refractivity contribution in [3.8, 4) is 0 Å². The van der Waals surface area contributed by atoms with Gasteiger partial charge in [-0.1, -0.05) is 24.3 Å². The molecule has 126 valence electrons. The van der Waals surface area contributed by atoms with Gasteiger partial charge in [0.15, 0.2) is 0 Å². The largest absolute Gasteiger partial charge is 0.481 e. The van der Waals surface area contributed by atoms with E-state index in [-0.39, 0.29) is 5.91 Å². The van der Waals surface area contributed by atoms with Crippen LogP contribution in [0.5, 0.6) is 0 Å². The summed E-state index contributed by atoms with van der Waals surface area (Å²) in [5, 5.41) is 9.47. The van der Waals surface area contributed by atoms with Crippen LogP contribution in [0.1, 0.15) is 5.56 Å². The van der Waals surface area contributed by atoms with Gasteiger partial charge in [0.05, 0.1) is 18.6 Å². The quantitative estimate of drug-likeness (QED) is 0.839. The minimum absolute atomic E-state index is 0.120. The molecule has 24 heavy (non-hydrogen) atoms. The molecule has 3 heterocycles. The lowest BCUT2D eigenvalue weighted by Crippen LogP contribution is -2.39. The number of carboxylic acid groups (broad SMARTS) is 1. The topological polar surface area (TPSA) is 70.1 Å². The van der Waals surface area contributed by atoms with E-state index in [0.29, 0.717) is 13.1 Å². The van der Waals surface area contributed by atoms with Crippen molar-refractivity contribution >= 4 is 17.6 Å². The average molecular weight is 328 g/mol. The van der Waals surface area contributed by atoms with E-state index in [9.17, 15) is 14.7 Å². The molecule has 1 amide bonds. The lowest BCUT2D eigenvalue weighted by atomic mass is 9.77. The minimum atomic E-state index is -0.957. The first-order valence-electron chi connectivity index (χ1n) is 8.06. The highest BCUT2D eigenvalue weighted by Crippen LogP contribution is 2.52. The Balaban J connectivity index is 1.55. The monoisotopic (exact) mass is 328 g/mol. The zero-order valence-electron chi connectivity index (χ0n) is 13.7. The van der Waals surface area contributed by atoms with E-state index in [1.54, 1.807) is 11.0 Å². The molecule has 4 rings (SSSR count). The summed E-state index contributed by atoms with van der Waals surface area (Å²) < 4.78 is 5.89. The molecule has 2 fully saturated rings. The number of benzene rings is 1. The van der Waals surface area contributed by atoms with E-state index in [4.69, 9.17) is 4.74 Å². The maximum absolute atomic E-state index is 12.8. The van der Waals surface area contributed by atoms with Crippen molar-refractivity contribution in [1.29, 1.82) is 0 Å². The number of carboxylic acids is 1. The normalized spacial score (nSPS) is 33.2. The molecule has 4 atom stereocenters. The van der Waals surface area contributed by atoms with Gasteiger partial charge in [-0.25, -0.2) is 0 Å². The Labute approximate surface area is 140 Å². The summed E-state index contributed by atoms with van der Waals surface area (Å²) in [6, 6.07) is 8.02. The Kier molecular flexibility index (Phi) is 3.22. The first-order valence-corrected chi connectivity index (χ1v) is 8.06. The molecule has 1 N–H and O–H groups in total. The highest BCUT2D eigenvalue weighted by Gasteiger charge is 2.66. The van der Waals surface area contributed by atoms with Gasteiger partial charge in [-0.05, 0) is 17.7 Å². The van der Waals surface area contributed by atoms with E-state index < -0.39 is 29.5 Å². The highest BCUT2D eigenvalue weighted by molar-refractivity contribution is 5.90. The van der Waals surface area contributed by atoms with E-state index in [0.717, 1.165) is 11.3 Å². The van der Waals surface area contributed by atoms with Gasteiger partial charge in [0, 0.05) is 26.3 Å². The first kappa shape index (κ1) is 15.2. The molecule has 1 spiro atoms. The fraction of sp³-hybridized carbons (Fsp3) is 0.444. The van der Waals surface area contributed by atoms with Crippen LogP contribution < -0.4 is 4.90 Å². The maximum atomic E-state index is 12.8. The van der Waals surface area contributed by atoms with Crippen molar-refractivity contribution in [2.45, 2.75) is 18.2 Å². The van der Waals surface area contributed by atoms with Crippen molar-refractivity contribution in [3.63, 3.8) is 0 Å². The fourth-order valence-electron chi connectivity index (χ4n) is 4.11. The molecule has 1 aromatic carbocycles. The minimum Gasteiger partial charge on any atom is -0.481 e. The summed E-state index contributed by atoms with van der Waals surface area (Å²) in [5.74, 6) is -2.46. The Morgan fingerprint density at radius 2 is 2.08 bits per heavy atom. The van der Waals surface area contributed by atoms with E-state index in [1.807, 2.05) is 49.3 Å². The Hall–Kier alpha value is -2.34. The molecule has 3 aliphatic heterocycles. The van der Waals surface area contributed by atoms with Crippen molar-refractivity contribution in [2.75, 3.05) is 25.5 Å². The predicted molar refractivity (Wildman–Crippen MR) is 87.5 cm³/mol. The van der Waals surface area contributed by atoms with Crippen molar-refractivity contribution in [1.82, 2.24) is 4.90 Å². The van der Waals surface area contributed by atoms with Crippen LogP contribution in [0.3, 0.4) is 0 Å². The van der Waals surface area contributed by atoms with E-state index in [2.05, 4.69) is 0 Å². The van der Waals surface area contributed by atoms with Crippen LogP contribution >= 0.6 is 0 Å². The predicted octanol–water partition coefficient (Wildman–Crippen LogP) is 1.12. The molecule has 3 aliphatic rings. The average Bonchev–Trinajstić information content (AvgIpc) is 3.16. The third-order valence-electron chi connectivity index (χ3n) is 5.29. The molecule has 0 saturated carbocycles. The van der Waals surface area contributed by atoms with Crippen LogP contribution in [0.2, 0.25) is 0 Å². The number of ether oxygens (including phenoxy) is 1. The second-order valence-electron chi connectivity index (χ2n) is 6.99. The summed E-state index contributed by atoms with van der Waals surface area (Å²) in [7, 11) is 3.96. The second kappa shape index (κ2) is 5.08.